The minimum atomic E-state index is -0.220. The molecule has 0 atom stereocenters. The Kier molecular flexibility index (Phi) is 4.35. The van der Waals surface area contributed by atoms with Crippen LogP contribution in [-0.2, 0) is 4.79 Å². The maximum atomic E-state index is 11.8. The van der Waals surface area contributed by atoms with Crippen LogP contribution in [-0.4, -0.2) is 17.5 Å². The lowest BCUT2D eigenvalue weighted by Crippen LogP contribution is -2.21. The molecule has 0 unspecified atom stereocenters. The number of benzene rings is 1. The normalized spacial score (nSPS) is 10.2. The molecule has 0 aliphatic rings. The number of carbonyl (C=O) groups excluding carboxylic acids is 1. The summed E-state index contributed by atoms with van der Waals surface area (Å²) in [6.07, 6.45) is 1.71. The van der Waals surface area contributed by atoms with Crippen molar-refractivity contribution in [1.82, 2.24) is 4.98 Å². The summed E-state index contributed by atoms with van der Waals surface area (Å²) in [5.74, 6) is 1.05. The fraction of sp³-hybridized carbons (Fsp3) is 0.250. The van der Waals surface area contributed by atoms with Crippen LogP contribution in [0.25, 0.3) is 0 Å². The van der Waals surface area contributed by atoms with Gasteiger partial charge in [-0.1, -0.05) is 18.2 Å². The van der Waals surface area contributed by atoms with Crippen molar-refractivity contribution in [3.05, 3.63) is 53.2 Å². The molecule has 0 aliphatic heterocycles. The van der Waals surface area contributed by atoms with Crippen molar-refractivity contribution in [1.29, 1.82) is 0 Å². The molecule has 4 nitrogen and oxygen atoms in total. The number of aryl methyl sites for hydroxylation is 3. The molecule has 1 aromatic heterocycles. The molecule has 0 fully saturated rings. The van der Waals surface area contributed by atoms with Crippen molar-refractivity contribution in [2.45, 2.75) is 20.8 Å². The van der Waals surface area contributed by atoms with Gasteiger partial charge in [0.1, 0.15) is 11.6 Å². The number of nitrogens with zero attached hydrogens (tertiary/aromatic N) is 1. The minimum Gasteiger partial charge on any atom is -0.483 e. The van der Waals surface area contributed by atoms with Crippen molar-refractivity contribution in [2.75, 3.05) is 11.9 Å². The summed E-state index contributed by atoms with van der Waals surface area (Å²) >= 11 is 0. The van der Waals surface area contributed by atoms with Gasteiger partial charge in [0.05, 0.1) is 0 Å². The third-order valence-electron chi connectivity index (χ3n) is 2.88. The number of aromatic nitrogens is 1. The van der Waals surface area contributed by atoms with Crippen LogP contribution in [0.4, 0.5) is 5.82 Å². The number of ether oxygens (including phenoxy) is 1. The molecule has 0 aliphatic carbocycles. The Morgan fingerprint density at radius 3 is 2.60 bits per heavy atom. The SMILES string of the molecule is Cc1ccc(NC(=O)COc2cc(C)ccc2C)nc1. The van der Waals surface area contributed by atoms with Crippen molar-refractivity contribution in [2.24, 2.45) is 0 Å². The van der Waals surface area contributed by atoms with E-state index < -0.39 is 0 Å². The lowest BCUT2D eigenvalue weighted by atomic mass is 10.1. The van der Waals surface area contributed by atoms with Crippen LogP contribution in [0.2, 0.25) is 0 Å². The zero-order valence-electron chi connectivity index (χ0n) is 11.9. The second-order valence-corrected chi connectivity index (χ2v) is 4.83. The van der Waals surface area contributed by atoms with Gasteiger partial charge in [-0.25, -0.2) is 4.98 Å². The topological polar surface area (TPSA) is 51.2 Å². The van der Waals surface area contributed by atoms with E-state index in [1.165, 1.54) is 0 Å². The molecule has 1 aromatic carbocycles. The summed E-state index contributed by atoms with van der Waals surface area (Å²) < 4.78 is 5.54. The number of hydrogen-bond donors (Lipinski definition) is 1. The van der Waals surface area contributed by atoms with Gasteiger partial charge in [0.2, 0.25) is 0 Å². The predicted molar refractivity (Wildman–Crippen MR) is 79.0 cm³/mol. The van der Waals surface area contributed by atoms with E-state index >= 15 is 0 Å². The Bertz CT molecular complexity index is 606. The van der Waals surface area contributed by atoms with Gasteiger partial charge >= 0.3 is 0 Å². The number of pyridine rings is 1. The van der Waals surface area contributed by atoms with E-state index in [0.29, 0.717) is 5.82 Å². The van der Waals surface area contributed by atoms with Crippen LogP contribution in [0.15, 0.2) is 36.5 Å². The smallest absolute Gasteiger partial charge is 0.263 e. The molecule has 1 N–H and O–H groups in total. The van der Waals surface area contributed by atoms with Crippen LogP contribution < -0.4 is 10.1 Å². The molecule has 0 saturated carbocycles. The highest BCUT2D eigenvalue weighted by Gasteiger charge is 2.06. The molecule has 1 amide bonds. The summed E-state index contributed by atoms with van der Waals surface area (Å²) in [6.45, 7) is 5.86. The zero-order chi connectivity index (χ0) is 14.5. The third-order valence-corrected chi connectivity index (χ3v) is 2.88. The molecule has 0 bridgehead atoms. The van der Waals surface area contributed by atoms with Crippen LogP contribution in [0.1, 0.15) is 16.7 Å². The van der Waals surface area contributed by atoms with E-state index in [2.05, 4.69) is 10.3 Å². The summed E-state index contributed by atoms with van der Waals surface area (Å²) in [7, 11) is 0. The molecule has 0 saturated heterocycles. The first-order valence-electron chi connectivity index (χ1n) is 6.47. The van der Waals surface area contributed by atoms with Gasteiger partial charge in [0.25, 0.3) is 5.91 Å². The Labute approximate surface area is 118 Å². The molecule has 2 aromatic rings. The maximum absolute atomic E-state index is 11.8. The second-order valence-electron chi connectivity index (χ2n) is 4.83. The van der Waals surface area contributed by atoms with Crippen molar-refractivity contribution in [3.63, 3.8) is 0 Å². The van der Waals surface area contributed by atoms with Gasteiger partial charge in [-0.05, 0) is 49.6 Å². The fourth-order valence-corrected chi connectivity index (χ4v) is 1.73. The monoisotopic (exact) mass is 270 g/mol. The van der Waals surface area contributed by atoms with Gasteiger partial charge in [-0.2, -0.15) is 0 Å². The number of carbonyl (C=O) groups is 1. The van der Waals surface area contributed by atoms with Crippen molar-refractivity contribution >= 4 is 11.7 Å². The number of anilines is 1. The first kappa shape index (κ1) is 14.1. The Hall–Kier alpha value is -2.36. The van der Waals surface area contributed by atoms with Gasteiger partial charge < -0.3 is 10.1 Å². The lowest BCUT2D eigenvalue weighted by molar-refractivity contribution is -0.118. The average Bonchev–Trinajstić information content (AvgIpc) is 2.42. The Balaban J connectivity index is 1.92. The number of hydrogen-bond acceptors (Lipinski definition) is 3. The summed E-state index contributed by atoms with van der Waals surface area (Å²) in [4.78, 5) is 15.9. The molecule has 4 heteroatoms. The minimum absolute atomic E-state index is 0.0279. The van der Waals surface area contributed by atoms with E-state index in [1.807, 2.05) is 45.0 Å². The lowest BCUT2D eigenvalue weighted by Gasteiger charge is -2.10. The van der Waals surface area contributed by atoms with Gasteiger partial charge in [-0.15, -0.1) is 0 Å². The predicted octanol–water partition coefficient (Wildman–Crippen LogP) is 3.02. The summed E-state index contributed by atoms with van der Waals surface area (Å²) in [6, 6.07) is 9.58. The molecule has 20 heavy (non-hydrogen) atoms. The molecule has 1 heterocycles. The molecule has 0 spiro atoms. The Morgan fingerprint density at radius 1 is 1.15 bits per heavy atom. The molecule has 2 rings (SSSR count). The van der Waals surface area contributed by atoms with Crippen molar-refractivity contribution < 1.29 is 9.53 Å². The van der Waals surface area contributed by atoms with Crippen LogP contribution in [0.3, 0.4) is 0 Å². The fourth-order valence-electron chi connectivity index (χ4n) is 1.73. The average molecular weight is 270 g/mol. The second kappa shape index (κ2) is 6.19. The highest BCUT2D eigenvalue weighted by molar-refractivity contribution is 5.90. The number of rotatable bonds is 4. The van der Waals surface area contributed by atoms with E-state index in [9.17, 15) is 4.79 Å². The number of nitrogens with one attached hydrogen (secondary N) is 1. The molecule has 104 valence electrons. The van der Waals surface area contributed by atoms with Crippen LogP contribution in [0.5, 0.6) is 5.75 Å². The summed E-state index contributed by atoms with van der Waals surface area (Å²) in [5, 5.41) is 2.70. The molecule has 0 radical (unpaired) electrons. The van der Waals surface area contributed by atoms with Crippen molar-refractivity contribution in [3.8, 4) is 5.75 Å². The third kappa shape index (κ3) is 3.82. The molecular formula is C16H18N2O2. The van der Waals surface area contributed by atoms with E-state index in [4.69, 9.17) is 4.74 Å². The Morgan fingerprint density at radius 2 is 1.90 bits per heavy atom. The quantitative estimate of drug-likeness (QED) is 0.929. The summed E-state index contributed by atoms with van der Waals surface area (Å²) in [5.41, 5.74) is 3.16. The molecular weight excluding hydrogens is 252 g/mol. The highest BCUT2D eigenvalue weighted by atomic mass is 16.5. The van der Waals surface area contributed by atoms with Gasteiger partial charge in [-0.3, -0.25) is 4.79 Å². The van der Waals surface area contributed by atoms with Crippen LogP contribution in [0, 0.1) is 20.8 Å². The van der Waals surface area contributed by atoms with Gasteiger partial charge in [0, 0.05) is 6.20 Å². The van der Waals surface area contributed by atoms with E-state index in [0.717, 1.165) is 22.4 Å². The largest absolute Gasteiger partial charge is 0.483 e. The first-order valence-corrected chi connectivity index (χ1v) is 6.47. The zero-order valence-corrected chi connectivity index (χ0v) is 11.9. The standard InChI is InChI=1S/C16H18N2O2/c1-11-4-6-13(3)14(8-11)20-10-16(19)18-15-7-5-12(2)9-17-15/h4-9H,10H2,1-3H3,(H,17,18,19). The highest BCUT2D eigenvalue weighted by Crippen LogP contribution is 2.18. The first-order chi connectivity index (χ1) is 9.54. The number of amides is 1. The maximum Gasteiger partial charge on any atom is 0.263 e. The van der Waals surface area contributed by atoms with Gasteiger partial charge in [0.15, 0.2) is 6.61 Å². The van der Waals surface area contributed by atoms with Crippen LogP contribution >= 0.6 is 0 Å². The van der Waals surface area contributed by atoms with E-state index in [-0.39, 0.29) is 12.5 Å². The van der Waals surface area contributed by atoms with E-state index in [1.54, 1.807) is 12.3 Å².